The number of ether oxygens (including phenoxy) is 1. The summed E-state index contributed by atoms with van der Waals surface area (Å²) in [6.07, 6.45) is 7.37. The molecule has 1 aliphatic rings. The van der Waals surface area contributed by atoms with Crippen molar-refractivity contribution in [3.63, 3.8) is 0 Å². The standard InChI is InChI=1S/C26H25ClF2N4O2/c1-5-8-20-15(6-2)19(11-12-35-20)31-26(34)17-13-30-25-21(16-9-7-10-18(28)22(16)29)24(27)32-33(25)23(17)14(3)4/h5-10,13-14,19H,2,11-12H2,1,3-4H3,(H,31,34)/b8-5-/t19-/m0/s1. The van der Waals surface area contributed by atoms with Crippen molar-refractivity contribution >= 4 is 23.2 Å². The highest BCUT2D eigenvalue weighted by Gasteiger charge is 2.28. The van der Waals surface area contributed by atoms with E-state index < -0.39 is 11.6 Å². The number of benzene rings is 1. The van der Waals surface area contributed by atoms with Crippen molar-refractivity contribution in [3.8, 4) is 11.1 Å². The lowest BCUT2D eigenvalue weighted by molar-refractivity contribution is 0.0923. The molecule has 0 spiro atoms. The van der Waals surface area contributed by atoms with E-state index in [2.05, 4.69) is 22.0 Å². The Morgan fingerprint density at radius 1 is 1.37 bits per heavy atom. The Morgan fingerprint density at radius 2 is 2.14 bits per heavy atom. The molecule has 1 atom stereocenters. The average Bonchev–Trinajstić information content (AvgIpc) is 3.16. The Morgan fingerprint density at radius 3 is 2.83 bits per heavy atom. The van der Waals surface area contributed by atoms with Gasteiger partial charge in [-0.05, 0) is 25.0 Å². The maximum Gasteiger partial charge on any atom is 0.255 e. The molecule has 182 valence electrons. The zero-order valence-electron chi connectivity index (χ0n) is 19.6. The molecule has 1 aromatic carbocycles. The fraction of sp³-hybridized carbons (Fsp3) is 0.269. The lowest BCUT2D eigenvalue weighted by Gasteiger charge is -2.27. The summed E-state index contributed by atoms with van der Waals surface area (Å²) >= 11 is 6.38. The Kier molecular flexibility index (Phi) is 7.03. The number of amides is 1. The van der Waals surface area contributed by atoms with E-state index in [0.717, 1.165) is 11.6 Å². The van der Waals surface area contributed by atoms with Gasteiger partial charge in [0.05, 0.1) is 29.5 Å². The second-order valence-electron chi connectivity index (χ2n) is 8.40. The minimum absolute atomic E-state index is 0.0428. The summed E-state index contributed by atoms with van der Waals surface area (Å²) in [5.41, 5.74) is 1.98. The topological polar surface area (TPSA) is 68.5 Å². The van der Waals surface area contributed by atoms with E-state index in [-0.39, 0.29) is 39.8 Å². The van der Waals surface area contributed by atoms with Crippen molar-refractivity contribution in [2.24, 2.45) is 0 Å². The zero-order chi connectivity index (χ0) is 25.3. The van der Waals surface area contributed by atoms with Gasteiger partial charge in [0.1, 0.15) is 5.76 Å². The van der Waals surface area contributed by atoms with Crippen LogP contribution in [0.2, 0.25) is 5.15 Å². The van der Waals surface area contributed by atoms with E-state index in [1.807, 2.05) is 32.9 Å². The first-order chi connectivity index (χ1) is 16.8. The normalized spacial score (nSPS) is 16.3. The molecular weight excluding hydrogens is 474 g/mol. The van der Waals surface area contributed by atoms with Crippen molar-refractivity contribution in [1.82, 2.24) is 19.9 Å². The highest BCUT2D eigenvalue weighted by atomic mass is 35.5. The Balaban J connectivity index is 1.80. The summed E-state index contributed by atoms with van der Waals surface area (Å²) in [5, 5.41) is 7.34. The minimum atomic E-state index is -1.04. The van der Waals surface area contributed by atoms with Crippen LogP contribution in [-0.2, 0) is 4.74 Å². The molecule has 9 heteroatoms. The molecular formula is C26H25ClF2N4O2. The predicted molar refractivity (Wildman–Crippen MR) is 131 cm³/mol. The average molecular weight is 499 g/mol. The van der Waals surface area contributed by atoms with Gasteiger partial charge in [-0.1, -0.05) is 56.3 Å². The second-order valence-corrected chi connectivity index (χ2v) is 8.76. The van der Waals surface area contributed by atoms with Gasteiger partial charge >= 0.3 is 0 Å². The molecule has 0 saturated heterocycles. The first kappa shape index (κ1) is 24.6. The number of nitrogens with one attached hydrogen (secondary N) is 1. The lowest BCUT2D eigenvalue weighted by atomic mass is 9.98. The van der Waals surface area contributed by atoms with E-state index >= 15 is 0 Å². The fourth-order valence-electron chi connectivity index (χ4n) is 4.26. The Hall–Kier alpha value is -3.52. The number of aromatic nitrogens is 3. The van der Waals surface area contributed by atoms with E-state index in [4.69, 9.17) is 16.3 Å². The molecule has 1 aliphatic heterocycles. The molecule has 0 aliphatic carbocycles. The maximum absolute atomic E-state index is 14.6. The molecule has 0 saturated carbocycles. The van der Waals surface area contributed by atoms with Crippen molar-refractivity contribution in [3.05, 3.63) is 88.6 Å². The number of carbonyl (C=O) groups is 1. The lowest BCUT2D eigenvalue weighted by Crippen LogP contribution is -2.40. The third-order valence-corrected chi connectivity index (χ3v) is 6.08. The molecule has 3 heterocycles. The van der Waals surface area contributed by atoms with E-state index in [1.54, 1.807) is 6.08 Å². The number of hydrogen-bond acceptors (Lipinski definition) is 4. The second kappa shape index (κ2) is 10.00. The van der Waals surface area contributed by atoms with Crippen LogP contribution in [0.5, 0.6) is 0 Å². The van der Waals surface area contributed by atoms with E-state index in [9.17, 15) is 13.6 Å². The van der Waals surface area contributed by atoms with Crippen LogP contribution in [0.4, 0.5) is 8.78 Å². The fourth-order valence-corrected chi connectivity index (χ4v) is 4.52. The van der Waals surface area contributed by atoms with Crippen LogP contribution in [-0.4, -0.2) is 33.2 Å². The SMILES string of the molecule is C=CC1=C(/C=C\C)OCC[C@@H]1NC(=O)c1cnc2c(-c3cccc(F)c3F)c(Cl)nn2c1C(C)C. The highest BCUT2D eigenvalue weighted by Crippen LogP contribution is 2.35. The smallest absolute Gasteiger partial charge is 0.255 e. The first-order valence-corrected chi connectivity index (χ1v) is 11.6. The molecule has 2 aromatic heterocycles. The van der Waals surface area contributed by atoms with Crippen LogP contribution in [0.25, 0.3) is 16.8 Å². The van der Waals surface area contributed by atoms with Gasteiger partial charge < -0.3 is 10.1 Å². The number of rotatable bonds is 6. The molecule has 0 unspecified atom stereocenters. The number of nitrogens with zero attached hydrogens (tertiary/aromatic N) is 3. The van der Waals surface area contributed by atoms with Crippen LogP contribution >= 0.6 is 11.6 Å². The molecule has 1 amide bonds. The van der Waals surface area contributed by atoms with Gasteiger partial charge in [0.15, 0.2) is 22.4 Å². The molecule has 1 N–H and O–H groups in total. The minimum Gasteiger partial charge on any atom is -0.493 e. The number of halogens is 3. The van der Waals surface area contributed by atoms with Crippen LogP contribution in [0, 0.1) is 11.6 Å². The number of hydrogen-bond donors (Lipinski definition) is 1. The molecule has 3 aromatic rings. The molecule has 0 fully saturated rings. The third kappa shape index (κ3) is 4.46. The number of allylic oxidation sites excluding steroid dienone is 2. The van der Waals surface area contributed by atoms with Crippen LogP contribution in [0.15, 0.2) is 60.5 Å². The number of fused-ring (bicyclic) bond motifs is 1. The first-order valence-electron chi connectivity index (χ1n) is 11.2. The van der Waals surface area contributed by atoms with Gasteiger partial charge in [0, 0.05) is 23.8 Å². The summed E-state index contributed by atoms with van der Waals surface area (Å²) in [6.45, 7) is 10.0. The van der Waals surface area contributed by atoms with Gasteiger partial charge in [0.25, 0.3) is 5.91 Å². The van der Waals surface area contributed by atoms with Crippen molar-refractivity contribution in [1.29, 1.82) is 0 Å². The Bertz CT molecular complexity index is 1380. The zero-order valence-corrected chi connectivity index (χ0v) is 20.4. The maximum atomic E-state index is 14.6. The van der Waals surface area contributed by atoms with E-state index in [0.29, 0.717) is 30.0 Å². The van der Waals surface area contributed by atoms with Gasteiger partial charge in [-0.25, -0.2) is 18.3 Å². The predicted octanol–water partition coefficient (Wildman–Crippen LogP) is 5.99. The number of carbonyl (C=O) groups excluding carboxylic acids is 1. The van der Waals surface area contributed by atoms with Crippen LogP contribution < -0.4 is 5.32 Å². The summed E-state index contributed by atoms with van der Waals surface area (Å²) in [7, 11) is 0. The summed E-state index contributed by atoms with van der Waals surface area (Å²) < 4.78 is 35.6. The van der Waals surface area contributed by atoms with Crippen LogP contribution in [0.1, 0.15) is 49.2 Å². The van der Waals surface area contributed by atoms with Gasteiger partial charge in [0.2, 0.25) is 0 Å². The van der Waals surface area contributed by atoms with Gasteiger partial charge in [-0.3, -0.25) is 4.79 Å². The highest BCUT2D eigenvalue weighted by molar-refractivity contribution is 6.33. The molecule has 6 nitrogen and oxygen atoms in total. The van der Waals surface area contributed by atoms with Crippen molar-refractivity contribution in [2.75, 3.05) is 6.61 Å². The largest absolute Gasteiger partial charge is 0.493 e. The van der Waals surface area contributed by atoms with Crippen LogP contribution in [0.3, 0.4) is 0 Å². The molecule has 0 radical (unpaired) electrons. The molecule has 35 heavy (non-hydrogen) atoms. The molecule has 0 bridgehead atoms. The van der Waals surface area contributed by atoms with Gasteiger partial charge in [-0.15, -0.1) is 0 Å². The van der Waals surface area contributed by atoms with Crippen molar-refractivity contribution in [2.45, 2.75) is 39.2 Å². The van der Waals surface area contributed by atoms with Gasteiger partial charge in [-0.2, -0.15) is 5.10 Å². The van der Waals surface area contributed by atoms with E-state index in [1.165, 1.54) is 22.8 Å². The summed E-state index contributed by atoms with van der Waals surface area (Å²) in [4.78, 5) is 17.8. The van der Waals surface area contributed by atoms with Crippen molar-refractivity contribution < 1.29 is 18.3 Å². The molecule has 4 rings (SSSR count). The monoisotopic (exact) mass is 498 g/mol. The summed E-state index contributed by atoms with van der Waals surface area (Å²) in [6, 6.07) is 3.53. The quantitative estimate of drug-likeness (QED) is 0.453. The third-order valence-electron chi connectivity index (χ3n) is 5.82. The summed E-state index contributed by atoms with van der Waals surface area (Å²) in [5.74, 6) is -1.89. The Labute approximate surface area is 207 Å².